The topological polar surface area (TPSA) is 45.7 Å². The molecule has 0 aliphatic carbocycles. The summed E-state index contributed by atoms with van der Waals surface area (Å²) < 4.78 is 45.0. The molecule has 5 nitrogen and oxygen atoms in total. The molecule has 0 radical (unpaired) electrons. The average molecular weight is 430 g/mol. The molecule has 29 heavy (non-hydrogen) atoms. The number of thiazole rings is 1. The lowest BCUT2D eigenvalue weighted by molar-refractivity contribution is -0.137. The van der Waals surface area contributed by atoms with E-state index in [4.69, 9.17) is 4.74 Å². The number of hydrogen-bond acceptors (Lipinski definition) is 5. The van der Waals surface area contributed by atoms with Crippen molar-refractivity contribution >= 4 is 32.8 Å². The van der Waals surface area contributed by atoms with Crippen molar-refractivity contribution in [3.63, 3.8) is 0 Å². The third-order valence-corrected chi connectivity index (χ3v) is 5.76. The third-order valence-electron chi connectivity index (χ3n) is 4.71. The predicted molar refractivity (Wildman–Crippen MR) is 108 cm³/mol. The summed E-state index contributed by atoms with van der Waals surface area (Å²) in [5, 5.41) is 0.696. The lowest BCUT2D eigenvalue weighted by Crippen LogP contribution is -2.55. The van der Waals surface area contributed by atoms with Gasteiger partial charge >= 0.3 is 12.3 Å². The van der Waals surface area contributed by atoms with Gasteiger partial charge in [0.05, 0.1) is 15.8 Å². The van der Waals surface area contributed by atoms with E-state index in [0.717, 1.165) is 25.0 Å². The van der Waals surface area contributed by atoms with E-state index in [9.17, 15) is 18.0 Å². The summed E-state index contributed by atoms with van der Waals surface area (Å²) in [4.78, 5) is 20.8. The summed E-state index contributed by atoms with van der Waals surface area (Å²) in [6.45, 7) is 9.13. The molecule has 1 atom stereocenters. The zero-order valence-corrected chi connectivity index (χ0v) is 17.9. The number of aromatic nitrogens is 1. The largest absolute Gasteiger partial charge is 0.444 e. The van der Waals surface area contributed by atoms with E-state index in [2.05, 4.69) is 16.8 Å². The molecule has 1 amide bonds. The number of carbonyl (C=O) groups is 1. The van der Waals surface area contributed by atoms with E-state index in [1.165, 1.54) is 17.4 Å². The third kappa shape index (κ3) is 5.12. The average Bonchev–Trinajstić information content (AvgIpc) is 3.02. The summed E-state index contributed by atoms with van der Waals surface area (Å²) in [5.41, 5.74) is -0.666. The second-order valence-corrected chi connectivity index (χ2v) is 9.25. The van der Waals surface area contributed by atoms with Crippen molar-refractivity contribution in [2.24, 2.45) is 0 Å². The van der Waals surface area contributed by atoms with Gasteiger partial charge in [0.1, 0.15) is 5.60 Å². The van der Waals surface area contributed by atoms with E-state index >= 15 is 0 Å². The van der Waals surface area contributed by atoms with Crippen molar-refractivity contribution in [3.05, 3.63) is 23.8 Å². The predicted octanol–water partition coefficient (Wildman–Crippen LogP) is 5.54. The van der Waals surface area contributed by atoms with Crippen LogP contribution in [-0.4, -0.2) is 47.3 Å². The normalized spacial score (nSPS) is 18.4. The van der Waals surface area contributed by atoms with Gasteiger partial charge in [0.15, 0.2) is 5.13 Å². The molecule has 1 aliphatic heterocycles. The van der Waals surface area contributed by atoms with Crippen molar-refractivity contribution < 1.29 is 22.7 Å². The van der Waals surface area contributed by atoms with Gasteiger partial charge in [-0.1, -0.05) is 24.7 Å². The number of hydrogen-bond donors (Lipinski definition) is 0. The van der Waals surface area contributed by atoms with Gasteiger partial charge in [-0.05, 0) is 45.4 Å². The molecule has 2 aromatic rings. The summed E-state index contributed by atoms with van der Waals surface area (Å²) in [6.07, 6.45) is -2.94. The van der Waals surface area contributed by atoms with E-state index in [1.807, 2.05) is 20.8 Å². The van der Waals surface area contributed by atoms with Gasteiger partial charge in [0.2, 0.25) is 0 Å². The SMILES string of the molecule is CCCC1CN(C(=O)OC(C)(C)C)CCN1c1nc2ccc(C(F)(F)F)cc2s1. The number of fused-ring (bicyclic) bond motifs is 1. The van der Waals surface area contributed by atoms with Crippen LogP contribution >= 0.6 is 11.3 Å². The van der Waals surface area contributed by atoms with Crippen LogP contribution in [-0.2, 0) is 10.9 Å². The highest BCUT2D eigenvalue weighted by Gasteiger charge is 2.34. The quantitative estimate of drug-likeness (QED) is 0.643. The second kappa shape index (κ2) is 8.01. The number of alkyl halides is 3. The Morgan fingerprint density at radius 2 is 2.00 bits per heavy atom. The maximum absolute atomic E-state index is 13.0. The molecule has 0 bridgehead atoms. The molecule has 1 saturated heterocycles. The Morgan fingerprint density at radius 1 is 1.28 bits per heavy atom. The lowest BCUT2D eigenvalue weighted by atomic mass is 10.1. The zero-order chi connectivity index (χ0) is 21.4. The number of ether oxygens (including phenoxy) is 1. The minimum atomic E-state index is -4.37. The molecule has 1 unspecified atom stereocenters. The fourth-order valence-corrected chi connectivity index (χ4v) is 4.49. The number of benzene rings is 1. The molecule has 0 spiro atoms. The van der Waals surface area contributed by atoms with E-state index in [0.29, 0.717) is 35.0 Å². The number of carbonyl (C=O) groups excluding carboxylic acids is 1. The number of anilines is 1. The first-order valence-electron chi connectivity index (χ1n) is 9.70. The van der Waals surface area contributed by atoms with Gasteiger partial charge in [-0.2, -0.15) is 13.2 Å². The van der Waals surface area contributed by atoms with Crippen LogP contribution in [0.3, 0.4) is 0 Å². The van der Waals surface area contributed by atoms with Gasteiger partial charge in [-0.3, -0.25) is 0 Å². The highest BCUT2D eigenvalue weighted by atomic mass is 32.1. The Kier molecular flexibility index (Phi) is 5.98. The minimum Gasteiger partial charge on any atom is -0.444 e. The first-order chi connectivity index (χ1) is 13.5. The summed E-state index contributed by atoms with van der Waals surface area (Å²) >= 11 is 1.26. The summed E-state index contributed by atoms with van der Waals surface area (Å²) in [6, 6.07) is 3.69. The number of piperazine rings is 1. The van der Waals surface area contributed by atoms with Gasteiger partial charge in [-0.15, -0.1) is 0 Å². The first kappa shape index (κ1) is 21.7. The Balaban J connectivity index is 1.81. The minimum absolute atomic E-state index is 0.0453. The summed E-state index contributed by atoms with van der Waals surface area (Å²) in [7, 11) is 0. The number of halogens is 3. The van der Waals surface area contributed by atoms with E-state index in [-0.39, 0.29) is 12.1 Å². The Labute approximate surface area is 172 Å². The Morgan fingerprint density at radius 3 is 2.62 bits per heavy atom. The van der Waals surface area contributed by atoms with Crippen LogP contribution in [0.4, 0.5) is 23.1 Å². The monoisotopic (exact) mass is 429 g/mol. The molecule has 0 N–H and O–H groups in total. The molecule has 1 fully saturated rings. The molecule has 0 saturated carbocycles. The van der Waals surface area contributed by atoms with Crippen LogP contribution in [0.1, 0.15) is 46.1 Å². The van der Waals surface area contributed by atoms with Crippen molar-refractivity contribution in [1.82, 2.24) is 9.88 Å². The van der Waals surface area contributed by atoms with Crippen molar-refractivity contribution in [1.29, 1.82) is 0 Å². The molecule has 1 aliphatic rings. The highest BCUT2D eigenvalue weighted by molar-refractivity contribution is 7.22. The fourth-order valence-electron chi connectivity index (χ4n) is 3.39. The van der Waals surface area contributed by atoms with Crippen LogP contribution in [0.25, 0.3) is 10.2 Å². The second-order valence-electron chi connectivity index (χ2n) is 8.24. The maximum Gasteiger partial charge on any atom is 0.416 e. The van der Waals surface area contributed by atoms with Gasteiger partial charge < -0.3 is 14.5 Å². The van der Waals surface area contributed by atoms with Crippen LogP contribution < -0.4 is 4.90 Å². The highest BCUT2D eigenvalue weighted by Crippen LogP contribution is 2.36. The number of amides is 1. The molecular weight excluding hydrogens is 403 g/mol. The summed E-state index contributed by atoms with van der Waals surface area (Å²) in [5.74, 6) is 0. The smallest absolute Gasteiger partial charge is 0.416 e. The Bertz CT molecular complexity index is 876. The molecule has 1 aromatic carbocycles. The molecule has 3 rings (SSSR count). The van der Waals surface area contributed by atoms with Gasteiger partial charge in [-0.25, -0.2) is 9.78 Å². The van der Waals surface area contributed by atoms with Crippen molar-refractivity contribution in [2.45, 2.75) is 58.4 Å². The van der Waals surface area contributed by atoms with Crippen molar-refractivity contribution in [2.75, 3.05) is 24.5 Å². The lowest BCUT2D eigenvalue weighted by Gasteiger charge is -2.41. The molecule has 2 heterocycles. The van der Waals surface area contributed by atoms with Crippen LogP contribution in [0, 0.1) is 0 Å². The van der Waals surface area contributed by atoms with Crippen LogP contribution in [0.2, 0.25) is 0 Å². The Hall–Kier alpha value is -2.03. The first-order valence-corrected chi connectivity index (χ1v) is 10.5. The standard InChI is InChI=1S/C20H26F3N3O2S/c1-5-6-14-12-25(18(27)28-19(2,3)4)9-10-26(14)17-24-15-8-7-13(20(21,22)23)11-16(15)29-17/h7-8,11,14H,5-6,9-10,12H2,1-4H3. The van der Waals surface area contributed by atoms with Gasteiger partial charge in [0, 0.05) is 25.7 Å². The molecular formula is C20H26F3N3O2S. The van der Waals surface area contributed by atoms with Crippen LogP contribution in [0.15, 0.2) is 18.2 Å². The molecule has 1 aromatic heterocycles. The molecule has 160 valence electrons. The van der Waals surface area contributed by atoms with Crippen LogP contribution in [0.5, 0.6) is 0 Å². The van der Waals surface area contributed by atoms with E-state index < -0.39 is 17.3 Å². The fraction of sp³-hybridized carbons (Fsp3) is 0.600. The van der Waals surface area contributed by atoms with E-state index in [1.54, 1.807) is 4.90 Å². The molecule has 9 heteroatoms. The number of nitrogens with zero attached hydrogens (tertiary/aromatic N) is 3. The van der Waals surface area contributed by atoms with Crippen molar-refractivity contribution in [3.8, 4) is 0 Å². The zero-order valence-electron chi connectivity index (χ0n) is 17.0. The number of rotatable bonds is 3. The van der Waals surface area contributed by atoms with Gasteiger partial charge in [0.25, 0.3) is 0 Å². The maximum atomic E-state index is 13.0.